The molecule has 0 radical (unpaired) electrons. The molecule has 3 nitrogen and oxygen atoms in total. The fraction of sp³-hybridized carbons (Fsp3) is 0.438. The van der Waals surface area contributed by atoms with Crippen molar-refractivity contribution in [2.45, 2.75) is 45.6 Å². The van der Waals surface area contributed by atoms with Crippen LogP contribution in [0, 0.1) is 0 Å². The predicted octanol–water partition coefficient (Wildman–Crippen LogP) is 3.91. The largest absolute Gasteiger partial charge is 0.443 e. The highest BCUT2D eigenvalue weighted by molar-refractivity contribution is 5.94. The van der Waals surface area contributed by atoms with Crippen LogP contribution in [0.5, 0.6) is 0 Å². The van der Waals surface area contributed by atoms with Gasteiger partial charge in [-0.15, -0.1) is 0 Å². The second kappa shape index (κ2) is 4.12. The van der Waals surface area contributed by atoms with Crippen LogP contribution in [0.4, 0.5) is 4.79 Å². The predicted molar refractivity (Wildman–Crippen MR) is 75.6 cm³/mol. The van der Waals surface area contributed by atoms with Crippen LogP contribution in [0.15, 0.2) is 24.3 Å². The summed E-state index contributed by atoms with van der Waals surface area (Å²) in [5, 5.41) is 1.20. The van der Waals surface area contributed by atoms with Crippen LogP contribution in [0.25, 0.3) is 10.9 Å². The van der Waals surface area contributed by atoms with Crippen LogP contribution in [0.3, 0.4) is 0 Å². The maximum Gasteiger partial charge on any atom is 0.419 e. The third-order valence-corrected chi connectivity index (χ3v) is 3.50. The van der Waals surface area contributed by atoms with Gasteiger partial charge in [0, 0.05) is 11.1 Å². The number of hydrogen-bond acceptors (Lipinski definition) is 2. The molecule has 3 heteroatoms. The van der Waals surface area contributed by atoms with Gasteiger partial charge in [-0.3, -0.25) is 0 Å². The molecule has 0 saturated carbocycles. The second-order valence-corrected chi connectivity index (χ2v) is 6.11. The molecule has 1 aromatic carbocycles. The van der Waals surface area contributed by atoms with E-state index >= 15 is 0 Å². The van der Waals surface area contributed by atoms with Gasteiger partial charge < -0.3 is 4.74 Å². The maximum atomic E-state index is 12.4. The Kier molecular flexibility index (Phi) is 2.66. The average Bonchev–Trinajstić information content (AvgIpc) is 2.85. The fourth-order valence-electron chi connectivity index (χ4n) is 2.85. The van der Waals surface area contributed by atoms with Gasteiger partial charge >= 0.3 is 6.09 Å². The molecule has 0 atom stereocenters. The molecule has 0 bridgehead atoms. The third kappa shape index (κ3) is 2.03. The lowest BCUT2D eigenvalue weighted by atomic mass is 10.1. The van der Waals surface area contributed by atoms with E-state index in [1.807, 2.05) is 39.0 Å². The Labute approximate surface area is 113 Å². The highest BCUT2D eigenvalue weighted by Gasteiger charge is 2.27. The molecule has 2 aromatic rings. The Bertz CT molecular complexity index is 647. The molecule has 0 aliphatic heterocycles. The molecule has 0 N–H and O–H groups in total. The van der Waals surface area contributed by atoms with Crippen LogP contribution in [-0.4, -0.2) is 16.3 Å². The van der Waals surface area contributed by atoms with E-state index in [0.29, 0.717) is 0 Å². The molecule has 0 spiro atoms. The average molecular weight is 257 g/mol. The molecule has 1 heterocycles. The summed E-state index contributed by atoms with van der Waals surface area (Å²) in [7, 11) is 0. The van der Waals surface area contributed by atoms with Crippen LogP contribution >= 0.6 is 0 Å². The molecule has 1 aromatic heterocycles. The Hall–Kier alpha value is -1.77. The van der Waals surface area contributed by atoms with Crippen molar-refractivity contribution in [1.82, 2.24) is 4.57 Å². The van der Waals surface area contributed by atoms with E-state index in [-0.39, 0.29) is 6.09 Å². The lowest BCUT2D eigenvalue weighted by Gasteiger charge is -2.20. The first-order chi connectivity index (χ1) is 8.97. The summed E-state index contributed by atoms with van der Waals surface area (Å²) < 4.78 is 7.31. The summed E-state index contributed by atoms with van der Waals surface area (Å²) in [6, 6.07) is 8.09. The lowest BCUT2D eigenvalue weighted by molar-refractivity contribution is 0.0540. The van der Waals surface area contributed by atoms with Gasteiger partial charge in [-0.05, 0) is 51.7 Å². The number of aromatic nitrogens is 1. The molecule has 19 heavy (non-hydrogen) atoms. The van der Waals surface area contributed by atoms with Crippen molar-refractivity contribution in [2.24, 2.45) is 0 Å². The summed E-state index contributed by atoms with van der Waals surface area (Å²) in [5.41, 5.74) is 2.96. The molecule has 0 saturated heterocycles. The standard InChI is InChI=1S/C16H19NO2/c1-16(2,3)19-15(18)17-13-9-5-4-7-11(13)12-8-6-10-14(12)17/h4-5,7,9H,6,8,10H2,1-3H3. The van der Waals surface area contributed by atoms with Gasteiger partial charge in [-0.1, -0.05) is 18.2 Å². The van der Waals surface area contributed by atoms with Crippen molar-refractivity contribution >= 4 is 17.0 Å². The number of rotatable bonds is 0. The van der Waals surface area contributed by atoms with Crippen molar-refractivity contribution in [1.29, 1.82) is 0 Å². The first-order valence-corrected chi connectivity index (χ1v) is 6.82. The summed E-state index contributed by atoms with van der Waals surface area (Å²) in [6.45, 7) is 5.70. The van der Waals surface area contributed by atoms with E-state index in [2.05, 4.69) is 6.07 Å². The van der Waals surface area contributed by atoms with E-state index in [9.17, 15) is 4.79 Å². The Morgan fingerprint density at radius 2 is 1.95 bits per heavy atom. The number of hydrogen-bond donors (Lipinski definition) is 0. The van der Waals surface area contributed by atoms with E-state index in [0.717, 1.165) is 30.5 Å². The van der Waals surface area contributed by atoms with Crippen molar-refractivity contribution in [3.8, 4) is 0 Å². The van der Waals surface area contributed by atoms with Crippen molar-refractivity contribution < 1.29 is 9.53 Å². The molecule has 0 fully saturated rings. The molecule has 3 rings (SSSR count). The first-order valence-electron chi connectivity index (χ1n) is 6.82. The number of benzene rings is 1. The van der Waals surface area contributed by atoms with E-state index < -0.39 is 5.60 Å². The number of fused-ring (bicyclic) bond motifs is 3. The summed E-state index contributed by atoms with van der Waals surface area (Å²) in [6.07, 6.45) is 2.89. The monoisotopic (exact) mass is 257 g/mol. The molecule has 100 valence electrons. The molecular formula is C16H19NO2. The second-order valence-electron chi connectivity index (χ2n) is 6.11. The molecule has 1 aliphatic rings. The number of aryl methyl sites for hydroxylation is 1. The summed E-state index contributed by atoms with van der Waals surface area (Å²) in [5.74, 6) is 0. The zero-order valence-electron chi connectivity index (χ0n) is 11.7. The topological polar surface area (TPSA) is 31.2 Å². The van der Waals surface area contributed by atoms with Crippen LogP contribution in [0.2, 0.25) is 0 Å². The number of carbonyl (C=O) groups is 1. The van der Waals surface area contributed by atoms with E-state index in [1.165, 1.54) is 10.9 Å². The summed E-state index contributed by atoms with van der Waals surface area (Å²) >= 11 is 0. The molecule has 0 amide bonds. The lowest BCUT2D eigenvalue weighted by Crippen LogP contribution is -2.27. The Morgan fingerprint density at radius 1 is 1.21 bits per heavy atom. The first kappa shape index (κ1) is 12.3. The minimum Gasteiger partial charge on any atom is -0.443 e. The molecule has 0 unspecified atom stereocenters. The highest BCUT2D eigenvalue weighted by Crippen LogP contribution is 2.33. The normalized spacial score (nSPS) is 14.7. The van der Waals surface area contributed by atoms with Crippen molar-refractivity contribution in [3.05, 3.63) is 35.5 Å². The summed E-state index contributed by atoms with van der Waals surface area (Å²) in [4.78, 5) is 12.4. The van der Waals surface area contributed by atoms with Crippen molar-refractivity contribution in [2.75, 3.05) is 0 Å². The number of carbonyl (C=O) groups excluding carboxylic acids is 1. The van der Waals surface area contributed by atoms with Gasteiger partial charge in [0.25, 0.3) is 0 Å². The minimum atomic E-state index is -0.464. The van der Waals surface area contributed by atoms with Gasteiger partial charge in [0.2, 0.25) is 0 Å². The number of para-hydroxylation sites is 1. The SMILES string of the molecule is CC(C)(C)OC(=O)n1c2c(c3ccccc31)CCC2. The zero-order valence-corrected chi connectivity index (χ0v) is 11.7. The van der Waals surface area contributed by atoms with E-state index in [4.69, 9.17) is 4.74 Å². The van der Waals surface area contributed by atoms with Crippen LogP contribution in [-0.2, 0) is 17.6 Å². The number of nitrogens with zero attached hydrogens (tertiary/aromatic N) is 1. The molecular weight excluding hydrogens is 238 g/mol. The van der Waals surface area contributed by atoms with Crippen LogP contribution < -0.4 is 0 Å². The van der Waals surface area contributed by atoms with Gasteiger partial charge in [0.1, 0.15) is 5.60 Å². The number of ether oxygens (including phenoxy) is 1. The molecule has 1 aliphatic carbocycles. The van der Waals surface area contributed by atoms with Gasteiger partial charge in [-0.2, -0.15) is 0 Å². The van der Waals surface area contributed by atoms with Gasteiger partial charge in [0.15, 0.2) is 0 Å². The quantitative estimate of drug-likeness (QED) is 0.716. The third-order valence-electron chi connectivity index (χ3n) is 3.50. The van der Waals surface area contributed by atoms with Crippen LogP contribution in [0.1, 0.15) is 38.4 Å². The van der Waals surface area contributed by atoms with Gasteiger partial charge in [-0.25, -0.2) is 9.36 Å². The zero-order chi connectivity index (χ0) is 13.6. The van der Waals surface area contributed by atoms with Gasteiger partial charge in [0.05, 0.1) is 5.52 Å². The maximum absolute atomic E-state index is 12.4. The Balaban J connectivity index is 2.16. The van der Waals surface area contributed by atoms with Crippen molar-refractivity contribution in [3.63, 3.8) is 0 Å². The van der Waals surface area contributed by atoms with E-state index in [1.54, 1.807) is 4.57 Å². The fourth-order valence-corrected chi connectivity index (χ4v) is 2.85. The highest BCUT2D eigenvalue weighted by atomic mass is 16.6. The smallest absolute Gasteiger partial charge is 0.419 e. The minimum absolute atomic E-state index is 0.258. The Morgan fingerprint density at radius 3 is 2.68 bits per heavy atom.